The molecule has 1 aromatic heterocycles. The highest BCUT2D eigenvalue weighted by Gasteiger charge is 2.02. The zero-order valence-electron chi connectivity index (χ0n) is 9.03. The Hall–Kier alpha value is -1.59. The average molecular weight is 268 g/mol. The highest BCUT2D eigenvalue weighted by Crippen LogP contribution is 2.14. The first-order valence-corrected chi connectivity index (χ1v) is 5.69. The predicted molar refractivity (Wildman–Crippen MR) is 72.5 cm³/mol. The van der Waals surface area contributed by atoms with E-state index in [0.717, 1.165) is 11.4 Å². The van der Waals surface area contributed by atoms with Crippen molar-refractivity contribution in [3.8, 4) is 0 Å². The maximum atomic E-state index is 5.78. The molecule has 6 heteroatoms. The van der Waals surface area contributed by atoms with Crippen LogP contribution in [0.3, 0.4) is 0 Å². The third-order valence-electron chi connectivity index (χ3n) is 1.97. The fraction of sp³-hybridized carbons (Fsp3) is 0.0909. The number of aryl methyl sites for hydroxylation is 1. The quantitative estimate of drug-likeness (QED) is 0.817. The summed E-state index contributed by atoms with van der Waals surface area (Å²) in [5, 5.41) is 10.8. The van der Waals surface area contributed by atoms with Gasteiger partial charge in [-0.1, -0.05) is 16.8 Å². The molecule has 1 heterocycles. The highest BCUT2D eigenvalue weighted by atomic mass is 35.5. The van der Waals surface area contributed by atoms with Gasteiger partial charge in [-0.05, 0) is 43.4 Å². The molecule has 2 aromatic rings. The first-order valence-electron chi connectivity index (χ1n) is 4.90. The standard InChI is InChI=1S/C11H10ClN3OS/c1-7-6-10(15-16-7)14-11(17)13-9-4-2-8(12)3-5-9/h2-6H,1H3,(H2,13,14,15,17). The minimum atomic E-state index is 0.445. The van der Waals surface area contributed by atoms with Crippen molar-refractivity contribution >= 4 is 40.4 Å². The summed E-state index contributed by atoms with van der Waals surface area (Å²) >= 11 is 10.9. The average Bonchev–Trinajstić information content (AvgIpc) is 2.67. The van der Waals surface area contributed by atoms with Gasteiger partial charge in [0.1, 0.15) is 5.76 Å². The van der Waals surface area contributed by atoms with E-state index >= 15 is 0 Å². The lowest BCUT2D eigenvalue weighted by Crippen LogP contribution is -2.19. The second-order valence-electron chi connectivity index (χ2n) is 3.41. The van der Waals surface area contributed by atoms with Crippen LogP contribution in [-0.2, 0) is 0 Å². The normalized spacial score (nSPS) is 10.0. The Balaban J connectivity index is 1.95. The lowest BCUT2D eigenvalue weighted by molar-refractivity contribution is 0.400. The Morgan fingerprint density at radius 1 is 1.29 bits per heavy atom. The second kappa shape index (κ2) is 5.16. The molecule has 0 amide bonds. The summed E-state index contributed by atoms with van der Waals surface area (Å²) in [4.78, 5) is 0. The molecule has 0 radical (unpaired) electrons. The minimum Gasteiger partial charge on any atom is -0.360 e. The molecule has 17 heavy (non-hydrogen) atoms. The molecule has 2 N–H and O–H groups in total. The van der Waals surface area contributed by atoms with Crippen molar-refractivity contribution in [2.24, 2.45) is 0 Å². The maximum absolute atomic E-state index is 5.78. The Labute approximate surface area is 109 Å². The molecule has 0 aliphatic rings. The van der Waals surface area contributed by atoms with Crippen molar-refractivity contribution in [3.63, 3.8) is 0 Å². The van der Waals surface area contributed by atoms with E-state index < -0.39 is 0 Å². The van der Waals surface area contributed by atoms with Gasteiger partial charge >= 0.3 is 0 Å². The smallest absolute Gasteiger partial charge is 0.176 e. The summed E-state index contributed by atoms with van der Waals surface area (Å²) in [5.74, 6) is 1.30. The topological polar surface area (TPSA) is 50.1 Å². The van der Waals surface area contributed by atoms with Crippen LogP contribution < -0.4 is 10.6 Å². The number of nitrogens with one attached hydrogen (secondary N) is 2. The second-order valence-corrected chi connectivity index (χ2v) is 4.25. The molecule has 0 aliphatic heterocycles. The summed E-state index contributed by atoms with van der Waals surface area (Å²) in [7, 11) is 0. The van der Waals surface area contributed by atoms with Crippen molar-refractivity contribution in [1.29, 1.82) is 0 Å². The van der Waals surface area contributed by atoms with Crippen molar-refractivity contribution in [1.82, 2.24) is 5.16 Å². The Morgan fingerprint density at radius 3 is 2.59 bits per heavy atom. The molecule has 0 unspecified atom stereocenters. The van der Waals surface area contributed by atoms with Crippen LogP contribution in [0.15, 0.2) is 34.9 Å². The van der Waals surface area contributed by atoms with Crippen LogP contribution in [0.2, 0.25) is 5.02 Å². The number of thiocarbonyl (C=S) groups is 1. The number of hydrogen-bond acceptors (Lipinski definition) is 3. The van der Waals surface area contributed by atoms with Crippen LogP contribution in [0.4, 0.5) is 11.5 Å². The zero-order valence-corrected chi connectivity index (χ0v) is 10.6. The van der Waals surface area contributed by atoms with E-state index in [4.69, 9.17) is 28.3 Å². The molecule has 0 bridgehead atoms. The van der Waals surface area contributed by atoms with Gasteiger partial charge in [0, 0.05) is 16.8 Å². The summed E-state index contributed by atoms with van der Waals surface area (Å²) in [6.07, 6.45) is 0. The first-order chi connectivity index (χ1) is 8.13. The van der Waals surface area contributed by atoms with Crippen LogP contribution in [0, 0.1) is 6.92 Å². The van der Waals surface area contributed by atoms with Gasteiger partial charge < -0.3 is 15.2 Å². The van der Waals surface area contributed by atoms with Crippen LogP contribution in [-0.4, -0.2) is 10.3 Å². The lowest BCUT2D eigenvalue weighted by Gasteiger charge is -2.07. The Kier molecular flexibility index (Phi) is 3.61. The Bertz CT molecular complexity index is 524. The fourth-order valence-corrected chi connectivity index (χ4v) is 1.59. The molecular weight excluding hydrogens is 258 g/mol. The third-order valence-corrected chi connectivity index (χ3v) is 2.43. The summed E-state index contributed by atoms with van der Waals surface area (Å²) in [5.41, 5.74) is 0.854. The van der Waals surface area contributed by atoms with Gasteiger partial charge in [-0.25, -0.2) is 0 Å². The van der Waals surface area contributed by atoms with Crippen molar-refractivity contribution in [2.75, 3.05) is 10.6 Å². The molecule has 2 rings (SSSR count). The lowest BCUT2D eigenvalue weighted by atomic mass is 10.3. The van der Waals surface area contributed by atoms with E-state index in [1.807, 2.05) is 19.1 Å². The number of halogens is 1. The van der Waals surface area contributed by atoms with Crippen LogP contribution in [0.25, 0.3) is 0 Å². The highest BCUT2D eigenvalue weighted by molar-refractivity contribution is 7.80. The summed E-state index contributed by atoms with van der Waals surface area (Å²) in [6, 6.07) is 9.00. The molecule has 88 valence electrons. The van der Waals surface area contributed by atoms with Crippen molar-refractivity contribution in [2.45, 2.75) is 6.92 Å². The van der Waals surface area contributed by atoms with Gasteiger partial charge in [-0.3, -0.25) is 0 Å². The largest absolute Gasteiger partial charge is 0.360 e. The van der Waals surface area contributed by atoms with Gasteiger partial charge in [-0.2, -0.15) is 0 Å². The van der Waals surface area contributed by atoms with E-state index in [-0.39, 0.29) is 0 Å². The fourth-order valence-electron chi connectivity index (χ4n) is 1.24. The number of hydrogen-bond donors (Lipinski definition) is 2. The van der Waals surface area contributed by atoms with E-state index in [0.29, 0.717) is 16.0 Å². The number of rotatable bonds is 2. The maximum Gasteiger partial charge on any atom is 0.176 e. The molecular formula is C11H10ClN3OS. The number of anilines is 2. The molecule has 1 aromatic carbocycles. The Morgan fingerprint density at radius 2 is 2.00 bits per heavy atom. The first kappa shape index (κ1) is 11.9. The number of nitrogens with zero attached hydrogens (tertiary/aromatic N) is 1. The summed E-state index contributed by atoms with van der Waals surface area (Å²) in [6.45, 7) is 1.81. The van der Waals surface area contributed by atoms with Gasteiger partial charge in [0.15, 0.2) is 10.9 Å². The molecule has 0 fully saturated rings. The minimum absolute atomic E-state index is 0.445. The molecule has 0 saturated carbocycles. The third kappa shape index (κ3) is 3.44. The van der Waals surface area contributed by atoms with E-state index in [2.05, 4.69) is 15.8 Å². The molecule has 0 atom stereocenters. The molecule has 4 nitrogen and oxygen atoms in total. The van der Waals surface area contributed by atoms with E-state index in [9.17, 15) is 0 Å². The molecule has 0 spiro atoms. The summed E-state index contributed by atoms with van der Waals surface area (Å²) < 4.78 is 4.91. The van der Waals surface area contributed by atoms with Crippen LogP contribution in [0.1, 0.15) is 5.76 Å². The number of benzene rings is 1. The predicted octanol–water partition coefficient (Wildman–Crippen LogP) is 3.45. The van der Waals surface area contributed by atoms with Gasteiger partial charge in [0.25, 0.3) is 0 Å². The van der Waals surface area contributed by atoms with Crippen molar-refractivity contribution < 1.29 is 4.52 Å². The number of aromatic nitrogens is 1. The van der Waals surface area contributed by atoms with Gasteiger partial charge in [-0.15, -0.1) is 0 Å². The van der Waals surface area contributed by atoms with Crippen LogP contribution >= 0.6 is 23.8 Å². The van der Waals surface area contributed by atoms with Gasteiger partial charge in [0.2, 0.25) is 0 Å². The monoisotopic (exact) mass is 267 g/mol. The van der Waals surface area contributed by atoms with E-state index in [1.54, 1.807) is 18.2 Å². The van der Waals surface area contributed by atoms with Crippen LogP contribution in [0.5, 0.6) is 0 Å². The van der Waals surface area contributed by atoms with Crippen molar-refractivity contribution in [3.05, 3.63) is 41.1 Å². The molecule has 0 saturated heterocycles. The molecule has 0 aliphatic carbocycles. The zero-order chi connectivity index (χ0) is 12.3. The van der Waals surface area contributed by atoms with E-state index in [1.165, 1.54) is 0 Å². The SMILES string of the molecule is Cc1cc(NC(=S)Nc2ccc(Cl)cc2)no1. The van der Waals surface area contributed by atoms with Gasteiger partial charge in [0.05, 0.1) is 0 Å².